The van der Waals surface area contributed by atoms with E-state index in [0.29, 0.717) is 18.8 Å². The number of pyridine rings is 1. The van der Waals surface area contributed by atoms with E-state index in [2.05, 4.69) is 9.88 Å². The third-order valence-electron chi connectivity index (χ3n) is 4.26. The van der Waals surface area contributed by atoms with E-state index in [1.165, 1.54) is 0 Å². The van der Waals surface area contributed by atoms with Crippen LogP contribution in [0.25, 0.3) is 0 Å². The topological polar surface area (TPSA) is 56.7 Å². The molecule has 0 radical (unpaired) electrons. The fourth-order valence-electron chi connectivity index (χ4n) is 2.90. The van der Waals surface area contributed by atoms with Crippen molar-refractivity contribution in [2.45, 2.75) is 13.3 Å². The maximum atomic E-state index is 12.7. The van der Waals surface area contributed by atoms with Crippen molar-refractivity contribution in [3.63, 3.8) is 0 Å². The maximum absolute atomic E-state index is 12.7. The maximum Gasteiger partial charge on any atom is 0.272 e. The summed E-state index contributed by atoms with van der Waals surface area (Å²) in [5, 5.41) is 9.37. The lowest BCUT2D eigenvalue weighted by Gasteiger charge is -2.36. The number of carbonyl (C=O) groups is 1. The minimum absolute atomic E-state index is 0.0211. The third kappa shape index (κ3) is 3.28. The first kappa shape index (κ1) is 15.3. The van der Waals surface area contributed by atoms with Crippen LogP contribution in [0.2, 0.25) is 0 Å². The summed E-state index contributed by atoms with van der Waals surface area (Å²) >= 11 is 0. The number of aromatic nitrogens is 1. The molecule has 2 aromatic rings. The molecule has 1 amide bonds. The average Bonchev–Trinajstić information content (AvgIpc) is 2.62. The average molecular weight is 311 g/mol. The predicted octanol–water partition coefficient (Wildman–Crippen LogP) is 2.31. The van der Waals surface area contributed by atoms with Crippen LogP contribution < -0.4 is 4.90 Å². The molecule has 120 valence electrons. The van der Waals surface area contributed by atoms with Gasteiger partial charge in [-0.05, 0) is 42.3 Å². The highest BCUT2D eigenvalue weighted by molar-refractivity contribution is 5.93. The van der Waals surface area contributed by atoms with Gasteiger partial charge in [-0.15, -0.1) is 0 Å². The lowest BCUT2D eigenvalue weighted by atomic mass is 10.1. The summed E-state index contributed by atoms with van der Waals surface area (Å²) in [6.45, 7) is 4.96. The van der Waals surface area contributed by atoms with Gasteiger partial charge in [-0.25, -0.2) is 0 Å². The zero-order valence-electron chi connectivity index (χ0n) is 13.3. The largest absolute Gasteiger partial charge is 0.508 e. The summed E-state index contributed by atoms with van der Waals surface area (Å²) in [5.74, 6) is 0.289. The fraction of sp³-hybridized carbons (Fsp3) is 0.333. The Kier molecular flexibility index (Phi) is 4.46. The summed E-state index contributed by atoms with van der Waals surface area (Å²) in [6.07, 6.45) is 2.49. The monoisotopic (exact) mass is 311 g/mol. The van der Waals surface area contributed by atoms with Gasteiger partial charge >= 0.3 is 0 Å². The van der Waals surface area contributed by atoms with Crippen molar-refractivity contribution >= 4 is 11.6 Å². The number of benzene rings is 1. The Hall–Kier alpha value is -2.56. The van der Waals surface area contributed by atoms with E-state index in [1.807, 2.05) is 36.1 Å². The highest BCUT2D eigenvalue weighted by Gasteiger charge is 2.24. The van der Waals surface area contributed by atoms with E-state index in [9.17, 15) is 9.90 Å². The number of nitrogens with zero attached hydrogens (tertiary/aromatic N) is 3. The normalized spacial score (nSPS) is 14.8. The summed E-state index contributed by atoms with van der Waals surface area (Å²) in [4.78, 5) is 21.1. The Morgan fingerprint density at radius 2 is 1.83 bits per heavy atom. The van der Waals surface area contributed by atoms with Gasteiger partial charge in [0.25, 0.3) is 5.91 Å². The van der Waals surface area contributed by atoms with E-state index >= 15 is 0 Å². The predicted molar refractivity (Wildman–Crippen MR) is 89.8 cm³/mol. The van der Waals surface area contributed by atoms with Crippen molar-refractivity contribution < 1.29 is 9.90 Å². The Morgan fingerprint density at radius 3 is 2.48 bits per heavy atom. The second kappa shape index (κ2) is 6.69. The van der Waals surface area contributed by atoms with Crippen LogP contribution in [0.5, 0.6) is 5.75 Å². The van der Waals surface area contributed by atoms with Crippen molar-refractivity contribution in [2.75, 3.05) is 31.1 Å². The van der Waals surface area contributed by atoms with Crippen LogP contribution >= 0.6 is 0 Å². The zero-order valence-corrected chi connectivity index (χ0v) is 13.3. The van der Waals surface area contributed by atoms with Crippen LogP contribution in [0, 0.1) is 0 Å². The Bertz CT molecular complexity index is 677. The number of phenols is 1. The van der Waals surface area contributed by atoms with E-state index in [1.54, 1.807) is 18.3 Å². The molecule has 0 aliphatic carbocycles. The molecule has 0 unspecified atom stereocenters. The Balaban J connectivity index is 1.66. The van der Waals surface area contributed by atoms with Gasteiger partial charge in [0.2, 0.25) is 0 Å². The summed E-state index contributed by atoms with van der Waals surface area (Å²) in [7, 11) is 0. The summed E-state index contributed by atoms with van der Waals surface area (Å²) in [5.41, 5.74) is 2.65. The standard InChI is InChI=1S/C18H21N3O2/c1-2-14-4-3-9-19-17(14)18(23)21-12-10-20(11-13-21)15-5-7-16(22)8-6-15/h3-9,22H,2,10-13H2,1H3. The minimum Gasteiger partial charge on any atom is -0.508 e. The van der Waals surface area contributed by atoms with Crippen LogP contribution in [0.15, 0.2) is 42.6 Å². The lowest BCUT2D eigenvalue weighted by molar-refractivity contribution is 0.0739. The number of phenolic OH excluding ortho intramolecular Hbond substituents is 1. The number of aromatic hydroxyl groups is 1. The highest BCUT2D eigenvalue weighted by atomic mass is 16.3. The van der Waals surface area contributed by atoms with Crippen molar-refractivity contribution in [1.82, 2.24) is 9.88 Å². The molecule has 3 rings (SSSR count). The molecule has 1 aromatic carbocycles. The Labute approximate surface area is 136 Å². The van der Waals surface area contributed by atoms with Gasteiger partial charge in [-0.2, -0.15) is 0 Å². The van der Waals surface area contributed by atoms with Gasteiger partial charge < -0.3 is 14.9 Å². The molecule has 1 N–H and O–H groups in total. The first-order valence-corrected chi connectivity index (χ1v) is 7.96. The number of piperazine rings is 1. The quantitative estimate of drug-likeness (QED) is 0.945. The molecule has 2 heterocycles. The highest BCUT2D eigenvalue weighted by Crippen LogP contribution is 2.20. The SMILES string of the molecule is CCc1cccnc1C(=O)N1CCN(c2ccc(O)cc2)CC1. The van der Waals surface area contributed by atoms with Crippen molar-refractivity contribution in [2.24, 2.45) is 0 Å². The van der Waals surface area contributed by atoms with Crippen LogP contribution in [-0.2, 0) is 6.42 Å². The number of hydrogen-bond donors (Lipinski definition) is 1. The molecule has 0 bridgehead atoms. The summed E-state index contributed by atoms with van der Waals surface area (Å²) in [6, 6.07) is 11.0. The molecule has 1 aliphatic heterocycles. The van der Waals surface area contributed by atoms with Crippen molar-refractivity contribution in [3.05, 3.63) is 53.9 Å². The smallest absolute Gasteiger partial charge is 0.272 e. The first-order valence-electron chi connectivity index (χ1n) is 7.96. The van der Waals surface area contributed by atoms with Gasteiger partial charge in [-0.1, -0.05) is 13.0 Å². The first-order chi connectivity index (χ1) is 11.2. The van der Waals surface area contributed by atoms with E-state index in [-0.39, 0.29) is 11.7 Å². The van der Waals surface area contributed by atoms with Crippen molar-refractivity contribution in [3.8, 4) is 5.75 Å². The van der Waals surface area contributed by atoms with Gasteiger partial charge in [0, 0.05) is 38.1 Å². The van der Waals surface area contributed by atoms with Crippen molar-refractivity contribution in [1.29, 1.82) is 0 Å². The number of carbonyl (C=O) groups excluding carboxylic acids is 1. The summed E-state index contributed by atoms with van der Waals surface area (Å²) < 4.78 is 0. The number of anilines is 1. The minimum atomic E-state index is 0.0211. The zero-order chi connectivity index (χ0) is 16.2. The molecule has 5 nitrogen and oxygen atoms in total. The molecular formula is C18H21N3O2. The molecule has 0 saturated carbocycles. The second-order valence-corrected chi connectivity index (χ2v) is 5.66. The number of amides is 1. The number of aryl methyl sites for hydroxylation is 1. The molecule has 1 aromatic heterocycles. The molecular weight excluding hydrogens is 290 g/mol. The van der Waals surface area contributed by atoms with Gasteiger partial charge in [0.1, 0.15) is 11.4 Å². The van der Waals surface area contributed by atoms with Crippen LogP contribution in [-0.4, -0.2) is 47.1 Å². The van der Waals surface area contributed by atoms with Crippen LogP contribution in [0.3, 0.4) is 0 Å². The molecule has 1 saturated heterocycles. The molecule has 0 spiro atoms. The second-order valence-electron chi connectivity index (χ2n) is 5.66. The van der Waals surface area contributed by atoms with E-state index < -0.39 is 0 Å². The van der Waals surface area contributed by atoms with Gasteiger partial charge in [0.05, 0.1) is 0 Å². The fourth-order valence-corrected chi connectivity index (χ4v) is 2.90. The Morgan fingerprint density at radius 1 is 1.13 bits per heavy atom. The van der Waals surface area contributed by atoms with Gasteiger partial charge in [0.15, 0.2) is 0 Å². The lowest BCUT2D eigenvalue weighted by Crippen LogP contribution is -2.49. The van der Waals surface area contributed by atoms with E-state index in [0.717, 1.165) is 30.8 Å². The molecule has 23 heavy (non-hydrogen) atoms. The number of hydrogen-bond acceptors (Lipinski definition) is 4. The molecule has 1 aliphatic rings. The molecule has 1 fully saturated rings. The molecule has 5 heteroatoms. The van der Waals surface area contributed by atoms with E-state index in [4.69, 9.17) is 0 Å². The number of rotatable bonds is 3. The van der Waals surface area contributed by atoms with Gasteiger partial charge in [-0.3, -0.25) is 9.78 Å². The third-order valence-corrected chi connectivity index (χ3v) is 4.26. The molecule has 0 atom stereocenters. The van der Waals surface area contributed by atoms with Crippen LogP contribution in [0.1, 0.15) is 23.0 Å². The van der Waals surface area contributed by atoms with Crippen LogP contribution in [0.4, 0.5) is 5.69 Å².